The van der Waals surface area contributed by atoms with Gasteiger partial charge in [0.25, 0.3) is 0 Å². The first kappa shape index (κ1) is 24.3. The van der Waals surface area contributed by atoms with Crippen LogP contribution in [-0.4, -0.2) is 41.4 Å². The van der Waals surface area contributed by atoms with Crippen LogP contribution in [0.5, 0.6) is 0 Å². The highest BCUT2D eigenvalue weighted by molar-refractivity contribution is 5.80. The summed E-state index contributed by atoms with van der Waals surface area (Å²) in [6.45, 7) is 7.44. The van der Waals surface area contributed by atoms with Crippen molar-refractivity contribution in [2.24, 2.45) is 11.7 Å². The van der Waals surface area contributed by atoms with Crippen molar-refractivity contribution in [2.45, 2.75) is 77.3 Å². The van der Waals surface area contributed by atoms with E-state index in [-0.39, 0.29) is 0 Å². The van der Waals surface area contributed by atoms with Gasteiger partial charge >= 0.3 is 0 Å². The minimum absolute atomic E-state index is 0.348. The summed E-state index contributed by atoms with van der Waals surface area (Å²) >= 11 is 0. The number of tetrazole rings is 1. The molecule has 0 saturated heterocycles. The van der Waals surface area contributed by atoms with Crippen molar-refractivity contribution in [3.8, 4) is 22.5 Å². The maximum Gasteiger partial charge on any atom is 0.205 e. The molecule has 2 atom stereocenters. The zero-order valence-electron chi connectivity index (χ0n) is 21.4. The molecule has 0 radical (unpaired) electrons. The van der Waals surface area contributed by atoms with Crippen LogP contribution in [0.15, 0.2) is 48.5 Å². The van der Waals surface area contributed by atoms with Crippen molar-refractivity contribution >= 4 is 0 Å². The van der Waals surface area contributed by atoms with Gasteiger partial charge in [-0.25, -0.2) is 9.67 Å². The number of aromatic amines is 1. The van der Waals surface area contributed by atoms with Gasteiger partial charge in [-0.2, -0.15) is 10.3 Å². The quantitative estimate of drug-likeness (QED) is 0.351. The van der Waals surface area contributed by atoms with Crippen molar-refractivity contribution < 1.29 is 0 Å². The molecule has 1 fully saturated rings. The molecule has 0 bridgehead atoms. The topological polar surface area (TPSA) is 111 Å². The molecule has 0 aliphatic heterocycles. The fourth-order valence-corrected chi connectivity index (χ4v) is 5.24. The van der Waals surface area contributed by atoms with Crippen LogP contribution in [0.2, 0.25) is 0 Å². The highest BCUT2D eigenvalue weighted by Gasteiger charge is 2.29. The molecule has 0 amide bonds. The molecular weight excluding hydrogens is 448 g/mol. The predicted octanol–water partition coefficient (Wildman–Crippen LogP) is 5.31. The van der Waals surface area contributed by atoms with Crippen LogP contribution in [-0.2, 0) is 6.54 Å². The molecule has 2 aromatic heterocycles. The zero-order chi connectivity index (χ0) is 25.1. The van der Waals surface area contributed by atoms with E-state index in [1.165, 1.54) is 18.4 Å². The Morgan fingerprint density at radius 1 is 1.00 bits per heavy atom. The van der Waals surface area contributed by atoms with Gasteiger partial charge in [0, 0.05) is 23.4 Å². The number of hydrogen-bond acceptors (Lipinski definition) is 6. The van der Waals surface area contributed by atoms with E-state index in [1.54, 1.807) is 0 Å². The average Bonchev–Trinajstić information content (AvgIpc) is 3.60. The van der Waals surface area contributed by atoms with Gasteiger partial charge in [-0.15, -0.1) is 10.2 Å². The van der Waals surface area contributed by atoms with Gasteiger partial charge < -0.3 is 5.73 Å². The molecule has 3 N–H and O–H groups in total. The number of nitrogens with zero attached hydrogens (tertiary/aromatic N) is 6. The molecule has 2 aromatic carbocycles. The van der Waals surface area contributed by atoms with E-state index >= 15 is 0 Å². The van der Waals surface area contributed by atoms with Gasteiger partial charge in [0.05, 0.1) is 6.54 Å². The summed E-state index contributed by atoms with van der Waals surface area (Å²) in [6.07, 6.45) is 5.58. The predicted molar refractivity (Wildman–Crippen MR) is 141 cm³/mol. The van der Waals surface area contributed by atoms with E-state index in [2.05, 4.69) is 76.4 Å². The maximum atomic E-state index is 6.18. The van der Waals surface area contributed by atoms with Gasteiger partial charge in [0.15, 0.2) is 5.82 Å². The molecule has 8 nitrogen and oxygen atoms in total. The van der Waals surface area contributed by atoms with Gasteiger partial charge in [-0.3, -0.25) is 0 Å². The molecule has 36 heavy (non-hydrogen) atoms. The lowest BCUT2D eigenvalue weighted by Crippen LogP contribution is -2.29. The number of benzene rings is 2. The first-order valence-electron chi connectivity index (χ1n) is 13.2. The number of nitrogens with two attached hydrogens (primary N) is 1. The van der Waals surface area contributed by atoms with Crippen molar-refractivity contribution in [2.75, 3.05) is 0 Å². The monoisotopic (exact) mass is 484 g/mol. The van der Waals surface area contributed by atoms with Crippen molar-refractivity contribution in [1.82, 2.24) is 35.4 Å². The SMILES string of the molecule is CCC(C)c1nc(C(C)C2CCC(N)CC2)n(Cc2ccc(-c3ccccc3-c3nn[nH]n3)cc2)n1. The number of rotatable bonds is 8. The second-order valence-electron chi connectivity index (χ2n) is 10.2. The Morgan fingerprint density at radius 3 is 2.39 bits per heavy atom. The summed E-state index contributed by atoms with van der Waals surface area (Å²) in [5, 5.41) is 19.6. The van der Waals surface area contributed by atoms with Gasteiger partial charge in [-0.1, -0.05) is 69.3 Å². The lowest BCUT2D eigenvalue weighted by molar-refractivity contribution is 0.281. The van der Waals surface area contributed by atoms with Crippen LogP contribution in [0, 0.1) is 5.92 Å². The second-order valence-corrected chi connectivity index (χ2v) is 10.2. The maximum absolute atomic E-state index is 6.18. The molecule has 2 heterocycles. The first-order chi connectivity index (χ1) is 17.5. The van der Waals surface area contributed by atoms with Crippen molar-refractivity contribution in [3.05, 3.63) is 65.7 Å². The van der Waals surface area contributed by atoms with E-state index in [1.807, 2.05) is 18.2 Å². The molecular formula is C28H36N8. The molecule has 2 unspecified atom stereocenters. The molecule has 0 spiro atoms. The number of nitrogens with one attached hydrogen (secondary N) is 1. The fourth-order valence-electron chi connectivity index (χ4n) is 5.24. The Balaban J connectivity index is 1.40. The highest BCUT2D eigenvalue weighted by atomic mass is 15.5. The summed E-state index contributed by atoms with van der Waals surface area (Å²) < 4.78 is 2.14. The van der Waals surface area contributed by atoms with Crippen LogP contribution in [0.4, 0.5) is 0 Å². The second kappa shape index (κ2) is 10.7. The van der Waals surface area contributed by atoms with Crippen molar-refractivity contribution in [1.29, 1.82) is 0 Å². The first-order valence-corrected chi connectivity index (χ1v) is 13.2. The lowest BCUT2D eigenvalue weighted by atomic mass is 9.79. The van der Waals surface area contributed by atoms with E-state index in [0.29, 0.717) is 36.2 Å². The van der Waals surface area contributed by atoms with E-state index in [9.17, 15) is 0 Å². The highest BCUT2D eigenvalue weighted by Crippen LogP contribution is 2.36. The summed E-state index contributed by atoms with van der Waals surface area (Å²) in [7, 11) is 0. The molecule has 1 saturated carbocycles. The van der Waals surface area contributed by atoms with E-state index in [4.69, 9.17) is 15.8 Å². The third-order valence-electron chi connectivity index (χ3n) is 7.81. The Bertz CT molecular complexity index is 1250. The summed E-state index contributed by atoms with van der Waals surface area (Å²) in [5.41, 5.74) is 10.5. The summed E-state index contributed by atoms with van der Waals surface area (Å²) in [5.74, 6) is 3.98. The normalized spacial score (nSPS) is 19.8. The molecule has 4 aromatic rings. The molecule has 8 heteroatoms. The molecule has 5 rings (SSSR count). The van der Waals surface area contributed by atoms with Gasteiger partial charge in [-0.05, 0) is 59.9 Å². The summed E-state index contributed by atoms with van der Waals surface area (Å²) in [6, 6.07) is 17.2. The standard InChI is InChI=1S/C28H36N8/c1-4-18(2)26-30-28(19(3)21-13-15-23(29)16-14-21)36(33-26)17-20-9-11-22(12-10-20)24-7-5-6-8-25(24)27-31-34-35-32-27/h5-12,18-19,21,23H,4,13-17,29H2,1-3H3,(H,31,32,34,35). The Hall–Kier alpha value is -3.39. The molecule has 1 aliphatic carbocycles. The largest absolute Gasteiger partial charge is 0.328 e. The average molecular weight is 485 g/mol. The van der Waals surface area contributed by atoms with E-state index < -0.39 is 0 Å². The Labute approximate surface area is 212 Å². The number of aromatic nitrogens is 7. The lowest BCUT2D eigenvalue weighted by Gasteiger charge is -2.30. The fraction of sp³-hybridized carbons (Fsp3) is 0.464. The minimum atomic E-state index is 0.348. The van der Waals surface area contributed by atoms with Crippen LogP contribution in [0.3, 0.4) is 0 Å². The number of hydrogen-bond donors (Lipinski definition) is 2. The smallest absolute Gasteiger partial charge is 0.205 e. The van der Waals surface area contributed by atoms with Crippen LogP contribution in [0.1, 0.15) is 81.9 Å². The van der Waals surface area contributed by atoms with Gasteiger partial charge in [0.2, 0.25) is 5.82 Å². The molecule has 188 valence electrons. The van der Waals surface area contributed by atoms with E-state index in [0.717, 1.165) is 47.6 Å². The number of H-pyrrole nitrogens is 1. The zero-order valence-corrected chi connectivity index (χ0v) is 21.4. The Morgan fingerprint density at radius 2 is 1.72 bits per heavy atom. The van der Waals surface area contributed by atoms with Gasteiger partial charge in [0.1, 0.15) is 5.82 Å². The van der Waals surface area contributed by atoms with Crippen LogP contribution in [0.25, 0.3) is 22.5 Å². The molecule has 1 aliphatic rings. The van der Waals surface area contributed by atoms with Crippen LogP contribution >= 0.6 is 0 Å². The third kappa shape index (κ3) is 5.09. The minimum Gasteiger partial charge on any atom is -0.328 e. The third-order valence-corrected chi connectivity index (χ3v) is 7.81. The van der Waals surface area contributed by atoms with Crippen LogP contribution < -0.4 is 5.73 Å². The van der Waals surface area contributed by atoms with Crippen molar-refractivity contribution in [3.63, 3.8) is 0 Å². The Kier molecular flexibility index (Phi) is 7.23. The summed E-state index contributed by atoms with van der Waals surface area (Å²) in [4.78, 5) is 5.07.